The molecule has 4 heterocycles. The summed E-state index contributed by atoms with van der Waals surface area (Å²) in [6.45, 7) is 0.216. The molecule has 2 aromatic rings. The van der Waals surface area contributed by atoms with Crippen molar-refractivity contribution in [3.8, 4) is 0 Å². The van der Waals surface area contributed by atoms with Gasteiger partial charge in [-0.05, 0) is 44.2 Å². The molecule has 184 valence electrons. The Labute approximate surface area is 204 Å². The topological polar surface area (TPSA) is 102 Å². The highest BCUT2D eigenvalue weighted by Crippen LogP contribution is 2.62. The van der Waals surface area contributed by atoms with Gasteiger partial charge in [0.1, 0.15) is 0 Å². The Morgan fingerprint density at radius 2 is 1.37 bits per heavy atom. The zero-order valence-corrected chi connectivity index (χ0v) is 20.2. The van der Waals surface area contributed by atoms with Crippen molar-refractivity contribution in [3.05, 3.63) is 60.2 Å². The Kier molecular flexibility index (Phi) is 5.93. The zero-order valence-electron chi connectivity index (χ0n) is 20.2. The average molecular weight is 479 g/mol. The number of ether oxygens (including phenoxy) is 2. The minimum Gasteiger partial charge on any atom is -0.468 e. The number of hydrogen-bond acceptors (Lipinski definition) is 9. The van der Waals surface area contributed by atoms with Gasteiger partial charge in [-0.15, -0.1) is 0 Å². The van der Waals surface area contributed by atoms with Gasteiger partial charge >= 0.3 is 11.9 Å². The lowest BCUT2D eigenvalue weighted by molar-refractivity contribution is -0.211. The summed E-state index contributed by atoms with van der Waals surface area (Å²) in [4.78, 5) is 55.4. The summed E-state index contributed by atoms with van der Waals surface area (Å²) in [7, 11) is 4.38. The van der Waals surface area contributed by atoms with Crippen LogP contribution in [0.25, 0.3) is 0 Å². The highest BCUT2D eigenvalue weighted by atomic mass is 16.5. The standard InChI is InChI=1S/C26H30N4O5/c1-29-15-25(23(32)34-2)20(18-11-4-6-13-27-18)30(17-9-8-10-17)21(19-12-5-7-14-28-19)26(16-29,22(25)31)24(33)35-3/h4-7,11-14,17,20-21H,8-10,15-16H2,1-3H3. The Balaban J connectivity index is 1.87. The minimum absolute atomic E-state index is 0.0404. The smallest absolute Gasteiger partial charge is 0.322 e. The van der Waals surface area contributed by atoms with E-state index in [1.807, 2.05) is 36.2 Å². The molecular weight excluding hydrogens is 448 g/mol. The first-order chi connectivity index (χ1) is 16.9. The molecular formula is C26H30N4O5. The number of nitrogens with zero attached hydrogens (tertiary/aromatic N) is 4. The fourth-order valence-electron chi connectivity index (χ4n) is 6.42. The Hall–Kier alpha value is -3.17. The van der Waals surface area contributed by atoms with Crippen molar-refractivity contribution in [2.75, 3.05) is 34.4 Å². The van der Waals surface area contributed by atoms with Gasteiger partial charge in [0.05, 0.1) is 37.7 Å². The van der Waals surface area contributed by atoms with E-state index in [2.05, 4.69) is 14.9 Å². The van der Waals surface area contributed by atoms with Gasteiger partial charge in [-0.3, -0.25) is 29.3 Å². The number of piperidine rings is 2. The molecule has 0 N–H and O–H groups in total. The molecule has 0 amide bonds. The molecule has 35 heavy (non-hydrogen) atoms. The van der Waals surface area contributed by atoms with Crippen LogP contribution >= 0.6 is 0 Å². The predicted molar refractivity (Wildman–Crippen MR) is 125 cm³/mol. The molecule has 9 heteroatoms. The first-order valence-electron chi connectivity index (χ1n) is 11.9. The summed E-state index contributed by atoms with van der Waals surface area (Å²) in [5, 5.41) is 0. The van der Waals surface area contributed by atoms with E-state index in [1.54, 1.807) is 24.5 Å². The average Bonchev–Trinajstić information content (AvgIpc) is 2.85. The number of ketones is 1. The molecule has 4 unspecified atom stereocenters. The SMILES string of the molecule is COC(=O)C12CN(C)CC(C(=O)OC)(C1=O)C(c1ccccn1)N(C1CCC1)C2c1ccccn1. The molecule has 9 nitrogen and oxygen atoms in total. The van der Waals surface area contributed by atoms with Crippen molar-refractivity contribution in [3.63, 3.8) is 0 Å². The normalized spacial score (nSPS) is 31.5. The van der Waals surface area contributed by atoms with Crippen LogP contribution in [0.3, 0.4) is 0 Å². The molecule has 0 spiro atoms. The number of methoxy groups -OCH3 is 2. The van der Waals surface area contributed by atoms with Crippen LogP contribution in [0, 0.1) is 10.8 Å². The maximum atomic E-state index is 14.7. The molecule has 1 aliphatic carbocycles. The summed E-state index contributed by atoms with van der Waals surface area (Å²) in [6.07, 6.45) is 6.11. The summed E-state index contributed by atoms with van der Waals surface area (Å²) < 4.78 is 10.6. The number of Topliss-reactive ketones (excluding diaryl/α,β-unsaturated/α-hetero) is 1. The van der Waals surface area contributed by atoms with E-state index in [0.29, 0.717) is 11.4 Å². The van der Waals surface area contributed by atoms with Crippen LogP contribution in [0.4, 0.5) is 0 Å². The zero-order chi connectivity index (χ0) is 24.8. The Morgan fingerprint density at radius 1 is 0.886 bits per heavy atom. The summed E-state index contributed by atoms with van der Waals surface area (Å²) in [6, 6.07) is 9.54. The summed E-state index contributed by atoms with van der Waals surface area (Å²) >= 11 is 0. The van der Waals surface area contributed by atoms with Crippen LogP contribution < -0.4 is 0 Å². The number of fused-ring (bicyclic) bond motifs is 2. The molecule has 4 atom stereocenters. The third-order valence-corrected chi connectivity index (χ3v) is 7.91. The van der Waals surface area contributed by atoms with Crippen LogP contribution in [-0.4, -0.2) is 77.9 Å². The van der Waals surface area contributed by atoms with E-state index in [0.717, 1.165) is 19.3 Å². The van der Waals surface area contributed by atoms with Gasteiger partial charge < -0.3 is 14.4 Å². The van der Waals surface area contributed by atoms with Crippen LogP contribution in [0.5, 0.6) is 0 Å². The van der Waals surface area contributed by atoms with E-state index in [9.17, 15) is 14.4 Å². The molecule has 1 saturated carbocycles. The van der Waals surface area contributed by atoms with Crippen molar-refractivity contribution in [1.82, 2.24) is 19.8 Å². The van der Waals surface area contributed by atoms with Crippen molar-refractivity contribution in [1.29, 1.82) is 0 Å². The molecule has 0 radical (unpaired) electrons. The van der Waals surface area contributed by atoms with E-state index in [-0.39, 0.29) is 19.1 Å². The van der Waals surface area contributed by atoms with Crippen molar-refractivity contribution in [2.45, 2.75) is 37.4 Å². The van der Waals surface area contributed by atoms with Gasteiger partial charge in [0.2, 0.25) is 0 Å². The largest absolute Gasteiger partial charge is 0.468 e. The highest BCUT2D eigenvalue weighted by molar-refractivity contribution is 6.17. The first-order valence-corrected chi connectivity index (χ1v) is 11.9. The lowest BCUT2D eigenvalue weighted by Gasteiger charge is -2.63. The van der Waals surface area contributed by atoms with Gasteiger partial charge in [0, 0.05) is 31.5 Å². The van der Waals surface area contributed by atoms with Gasteiger partial charge in [-0.1, -0.05) is 18.6 Å². The molecule has 5 rings (SSSR count). The summed E-state index contributed by atoms with van der Waals surface area (Å²) in [5.41, 5.74) is -2.14. The second-order valence-corrected chi connectivity index (χ2v) is 9.77. The van der Waals surface area contributed by atoms with E-state index >= 15 is 0 Å². The molecule has 2 saturated heterocycles. The minimum atomic E-state index is -1.66. The lowest BCUT2D eigenvalue weighted by atomic mass is 9.53. The third-order valence-electron chi connectivity index (χ3n) is 7.91. The molecule has 0 aromatic carbocycles. The first kappa shape index (κ1) is 23.6. The van der Waals surface area contributed by atoms with Gasteiger partial charge in [0.25, 0.3) is 0 Å². The highest BCUT2D eigenvalue weighted by Gasteiger charge is 2.76. The van der Waals surface area contributed by atoms with E-state index < -0.39 is 40.6 Å². The number of carbonyl (C=O) groups excluding carboxylic acids is 3. The van der Waals surface area contributed by atoms with Crippen molar-refractivity contribution >= 4 is 17.7 Å². The van der Waals surface area contributed by atoms with Crippen molar-refractivity contribution < 1.29 is 23.9 Å². The summed E-state index contributed by atoms with van der Waals surface area (Å²) in [5.74, 6) is -1.81. The number of aromatic nitrogens is 2. The maximum Gasteiger partial charge on any atom is 0.322 e. The molecule has 2 aliphatic heterocycles. The van der Waals surface area contributed by atoms with Crippen LogP contribution in [-0.2, 0) is 23.9 Å². The van der Waals surface area contributed by atoms with Crippen LogP contribution in [0.1, 0.15) is 42.7 Å². The number of esters is 2. The Morgan fingerprint density at radius 3 is 1.71 bits per heavy atom. The number of likely N-dealkylation sites (tertiary alicyclic amines) is 2. The van der Waals surface area contributed by atoms with E-state index in [1.165, 1.54) is 14.2 Å². The fourth-order valence-corrected chi connectivity index (χ4v) is 6.42. The molecule has 2 aromatic heterocycles. The van der Waals surface area contributed by atoms with Crippen LogP contribution in [0.15, 0.2) is 48.8 Å². The number of carbonyl (C=O) groups is 3. The second kappa shape index (κ2) is 8.80. The Bertz CT molecular complexity index is 1050. The monoisotopic (exact) mass is 478 g/mol. The van der Waals surface area contributed by atoms with Gasteiger partial charge in [0.15, 0.2) is 16.6 Å². The van der Waals surface area contributed by atoms with Gasteiger partial charge in [-0.2, -0.15) is 0 Å². The predicted octanol–water partition coefficient (Wildman–Crippen LogP) is 1.96. The van der Waals surface area contributed by atoms with Crippen molar-refractivity contribution in [2.24, 2.45) is 10.8 Å². The van der Waals surface area contributed by atoms with E-state index in [4.69, 9.17) is 9.47 Å². The third kappa shape index (κ3) is 3.25. The molecule has 3 aliphatic rings. The van der Waals surface area contributed by atoms with Crippen LogP contribution in [0.2, 0.25) is 0 Å². The second-order valence-electron chi connectivity index (χ2n) is 9.77. The lowest BCUT2D eigenvalue weighted by Crippen LogP contribution is -2.76. The number of pyridine rings is 2. The van der Waals surface area contributed by atoms with Gasteiger partial charge in [-0.25, -0.2) is 0 Å². The molecule has 2 bridgehead atoms. The number of rotatable bonds is 5. The maximum absolute atomic E-state index is 14.7. The number of hydrogen-bond donors (Lipinski definition) is 0. The molecule has 3 fully saturated rings. The fraction of sp³-hybridized carbons (Fsp3) is 0.500. The quantitative estimate of drug-likeness (QED) is 0.471.